The Morgan fingerprint density at radius 2 is 2.00 bits per heavy atom. The summed E-state index contributed by atoms with van der Waals surface area (Å²) in [4.78, 5) is 12.6. The molecule has 8 heteroatoms. The average molecular weight is 425 g/mol. The molecule has 0 bridgehead atoms. The van der Waals surface area contributed by atoms with Crippen LogP contribution in [0.5, 0.6) is 0 Å². The summed E-state index contributed by atoms with van der Waals surface area (Å²) in [5.41, 5.74) is 1.68. The zero-order chi connectivity index (χ0) is 19.1. The van der Waals surface area contributed by atoms with Crippen molar-refractivity contribution < 1.29 is 13.2 Å². The largest absolute Gasteiger partial charge is 0.351 e. The summed E-state index contributed by atoms with van der Waals surface area (Å²) in [5.74, 6) is 1.51. The molecule has 5 nitrogen and oxygen atoms in total. The highest BCUT2D eigenvalue weighted by atomic mass is 32.2. The van der Waals surface area contributed by atoms with Crippen molar-refractivity contribution in [3.63, 3.8) is 0 Å². The number of hydrogen-bond donors (Lipinski definition) is 1. The van der Waals surface area contributed by atoms with Crippen LogP contribution >= 0.6 is 23.1 Å². The van der Waals surface area contributed by atoms with Gasteiger partial charge >= 0.3 is 0 Å². The van der Waals surface area contributed by atoms with E-state index < -0.39 is 10.0 Å². The number of benzene rings is 1. The van der Waals surface area contributed by atoms with Gasteiger partial charge in [0.15, 0.2) is 0 Å². The normalized spacial score (nSPS) is 15.6. The third kappa shape index (κ3) is 5.57. The molecule has 0 saturated carbocycles. The fourth-order valence-corrected chi connectivity index (χ4v) is 6.10. The van der Waals surface area contributed by atoms with Crippen LogP contribution in [-0.4, -0.2) is 44.0 Å². The van der Waals surface area contributed by atoms with E-state index in [1.165, 1.54) is 15.9 Å². The molecule has 2 aromatic rings. The quantitative estimate of drug-likeness (QED) is 0.658. The number of carbonyl (C=O) groups excluding carboxylic acids is 1. The summed E-state index contributed by atoms with van der Waals surface area (Å²) in [5, 5.41) is 7.05. The zero-order valence-corrected chi connectivity index (χ0v) is 17.5. The van der Waals surface area contributed by atoms with Gasteiger partial charge in [-0.3, -0.25) is 4.79 Å². The number of sulfonamides is 1. The molecule has 1 aliphatic heterocycles. The highest BCUT2D eigenvalue weighted by Crippen LogP contribution is 2.21. The lowest BCUT2D eigenvalue weighted by atomic mass is 10.2. The molecule has 1 fully saturated rings. The van der Waals surface area contributed by atoms with Gasteiger partial charge in [0.25, 0.3) is 5.91 Å². The maximum Gasteiger partial charge on any atom is 0.251 e. The Hall–Kier alpha value is -1.35. The van der Waals surface area contributed by atoms with Gasteiger partial charge in [0, 0.05) is 36.7 Å². The average Bonchev–Trinajstić information content (AvgIpc) is 3.22. The zero-order valence-electron chi connectivity index (χ0n) is 15.1. The molecular formula is C19H24N2O3S3. The van der Waals surface area contributed by atoms with E-state index in [-0.39, 0.29) is 10.8 Å². The summed E-state index contributed by atoms with van der Waals surface area (Å²) >= 11 is 3.45. The monoisotopic (exact) mass is 424 g/mol. The molecule has 2 heterocycles. The number of hydrogen-bond acceptors (Lipinski definition) is 5. The molecule has 3 rings (SSSR count). The molecule has 0 aliphatic carbocycles. The van der Waals surface area contributed by atoms with Crippen LogP contribution in [0.4, 0.5) is 0 Å². The third-order valence-electron chi connectivity index (χ3n) is 4.43. The Morgan fingerprint density at radius 1 is 1.19 bits per heavy atom. The fraction of sp³-hybridized carbons (Fsp3) is 0.421. The Morgan fingerprint density at radius 3 is 2.74 bits per heavy atom. The van der Waals surface area contributed by atoms with Gasteiger partial charge in [0.1, 0.15) is 0 Å². The van der Waals surface area contributed by atoms with E-state index in [1.54, 1.807) is 41.3 Å². The number of thiophene rings is 1. The summed E-state index contributed by atoms with van der Waals surface area (Å²) in [6, 6.07) is 8.44. The van der Waals surface area contributed by atoms with Crippen molar-refractivity contribution in [2.75, 3.05) is 25.4 Å². The SMILES string of the molecule is O=C(NCCSCc1ccsc1)c1cccc(S(=O)(=O)N2CCCCC2)c1. The van der Waals surface area contributed by atoms with E-state index in [2.05, 4.69) is 22.1 Å². The first-order valence-electron chi connectivity index (χ1n) is 9.04. The second kappa shape index (κ2) is 9.73. The van der Waals surface area contributed by atoms with Crippen molar-refractivity contribution >= 4 is 39.0 Å². The minimum Gasteiger partial charge on any atom is -0.351 e. The molecule has 0 atom stereocenters. The van der Waals surface area contributed by atoms with Gasteiger partial charge in [-0.1, -0.05) is 12.5 Å². The van der Waals surface area contributed by atoms with Crippen LogP contribution in [0.1, 0.15) is 35.2 Å². The van der Waals surface area contributed by atoms with Crippen LogP contribution in [-0.2, 0) is 15.8 Å². The Kier molecular flexibility index (Phi) is 7.34. The van der Waals surface area contributed by atoms with Crippen molar-refractivity contribution in [2.45, 2.75) is 29.9 Å². The number of rotatable bonds is 8. The van der Waals surface area contributed by atoms with Gasteiger partial charge in [-0.15, -0.1) is 0 Å². The lowest BCUT2D eigenvalue weighted by Gasteiger charge is -2.26. The smallest absolute Gasteiger partial charge is 0.251 e. The molecule has 27 heavy (non-hydrogen) atoms. The number of amides is 1. The van der Waals surface area contributed by atoms with Crippen LogP contribution in [0.15, 0.2) is 46.0 Å². The minimum absolute atomic E-state index is 0.198. The van der Waals surface area contributed by atoms with Crippen LogP contribution in [0.2, 0.25) is 0 Å². The molecule has 1 aliphatic rings. The molecule has 1 aromatic carbocycles. The molecule has 0 unspecified atom stereocenters. The first kappa shape index (κ1) is 20.4. The Balaban J connectivity index is 1.53. The summed E-state index contributed by atoms with van der Waals surface area (Å²) in [6.07, 6.45) is 2.85. The van der Waals surface area contributed by atoms with Crippen LogP contribution < -0.4 is 5.32 Å². The van der Waals surface area contributed by atoms with E-state index >= 15 is 0 Å². The van der Waals surface area contributed by atoms with Crippen molar-refractivity contribution in [1.82, 2.24) is 9.62 Å². The molecule has 146 valence electrons. The van der Waals surface area contributed by atoms with Crippen molar-refractivity contribution in [3.05, 3.63) is 52.2 Å². The third-order valence-corrected chi connectivity index (χ3v) is 8.09. The van der Waals surface area contributed by atoms with E-state index in [4.69, 9.17) is 0 Å². The maximum atomic E-state index is 12.8. The van der Waals surface area contributed by atoms with Gasteiger partial charge in [-0.2, -0.15) is 27.4 Å². The minimum atomic E-state index is -3.52. The van der Waals surface area contributed by atoms with Crippen LogP contribution in [0.25, 0.3) is 0 Å². The lowest BCUT2D eigenvalue weighted by Crippen LogP contribution is -2.35. The van der Waals surface area contributed by atoms with Crippen molar-refractivity contribution in [3.8, 4) is 0 Å². The highest BCUT2D eigenvalue weighted by molar-refractivity contribution is 7.98. The highest BCUT2D eigenvalue weighted by Gasteiger charge is 2.26. The topological polar surface area (TPSA) is 66.5 Å². The molecule has 0 spiro atoms. The van der Waals surface area contributed by atoms with E-state index in [9.17, 15) is 13.2 Å². The first-order chi connectivity index (χ1) is 13.1. The number of thioether (sulfide) groups is 1. The standard InChI is InChI=1S/C19H24N2O3S3/c22-19(20-8-12-26-15-16-7-11-25-14-16)17-5-4-6-18(13-17)27(23,24)21-9-2-1-3-10-21/h4-7,11,13-14H,1-3,8-10,12,15H2,(H,20,22). The maximum absolute atomic E-state index is 12.8. The second-order valence-electron chi connectivity index (χ2n) is 6.43. The summed E-state index contributed by atoms with van der Waals surface area (Å²) in [6.45, 7) is 1.66. The van der Waals surface area contributed by atoms with E-state index in [0.29, 0.717) is 25.2 Å². The van der Waals surface area contributed by atoms with Gasteiger partial charge in [-0.05, 0) is 53.4 Å². The van der Waals surface area contributed by atoms with Gasteiger partial charge < -0.3 is 5.32 Å². The number of carbonyl (C=O) groups is 1. The van der Waals surface area contributed by atoms with Gasteiger partial charge in [0.2, 0.25) is 10.0 Å². The second-order valence-corrected chi connectivity index (χ2v) is 10.3. The molecule has 0 radical (unpaired) electrons. The molecule has 1 saturated heterocycles. The van der Waals surface area contributed by atoms with E-state index in [0.717, 1.165) is 30.8 Å². The Labute approximate surface area is 169 Å². The van der Waals surface area contributed by atoms with E-state index in [1.807, 2.05) is 0 Å². The first-order valence-corrected chi connectivity index (χ1v) is 12.6. The lowest BCUT2D eigenvalue weighted by molar-refractivity contribution is 0.0956. The Bertz CT molecular complexity index is 845. The van der Waals surface area contributed by atoms with Crippen LogP contribution in [0, 0.1) is 0 Å². The molecule has 1 amide bonds. The van der Waals surface area contributed by atoms with Gasteiger partial charge in [-0.25, -0.2) is 8.42 Å². The number of nitrogens with zero attached hydrogens (tertiary/aromatic N) is 1. The predicted molar refractivity (Wildman–Crippen MR) is 112 cm³/mol. The van der Waals surface area contributed by atoms with Crippen molar-refractivity contribution in [2.24, 2.45) is 0 Å². The predicted octanol–water partition coefficient (Wildman–Crippen LogP) is 3.59. The number of piperidine rings is 1. The van der Waals surface area contributed by atoms with Gasteiger partial charge in [0.05, 0.1) is 4.90 Å². The van der Waals surface area contributed by atoms with Crippen LogP contribution in [0.3, 0.4) is 0 Å². The molecular weight excluding hydrogens is 400 g/mol. The number of nitrogens with one attached hydrogen (secondary N) is 1. The summed E-state index contributed by atoms with van der Waals surface area (Å²) in [7, 11) is -3.52. The molecule has 1 N–H and O–H groups in total. The summed E-state index contributed by atoms with van der Waals surface area (Å²) < 4.78 is 27.1. The molecule has 1 aromatic heterocycles. The fourth-order valence-electron chi connectivity index (χ4n) is 2.96. The van der Waals surface area contributed by atoms with Crippen molar-refractivity contribution in [1.29, 1.82) is 0 Å².